The molecule has 1 aromatic carbocycles. The maximum Gasteiger partial charge on any atom is 0.0900 e. The topological polar surface area (TPSA) is 82.4 Å². The van der Waals surface area contributed by atoms with Crippen molar-refractivity contribution in [3.05, 3.63) is 59.2 Å². The van der Waals surface area contributed by atoms with Gasteiger partial charge in [-0.3, -0.25) is 4.90 Å². The Kier molecular flexibility index (Phi) is 8.54. The smallest absolute Gasteiger partial charge is 0.0900 e. The Morgan fingerprint density at radius 2 is 1.83 bits per heavy atom. The minimum Gasteiger partial charge on any atom is -0.393 e. The highest BCUT2D eigenvalue weighted by Gasteiger charge is 2.62. The molecular formula is C35H51NO5. The highest BCUT2D eigenvalue weighted by atomic mass is 16.5. The van der Waals surface area contributed by atoms with E-state index in [1.165, 1.54) is 11.1 Å². The van der Waals surface area contributed by atoms with Crippen LogP contribution in [0.1, 0.15) is 77.2 Å². The number of ether oxygens (including phenoxy) is 2. The van der Waals surface area contributed by atoms with Crippen LogP contribution in [0.3, 0.4) is 0 Å². The van der Waals surface area contributed by atoms with E-state index in [9.17, 15) is 15.3 Å². The van der Waals surface area contributed by atoms with Gasteiger partial charge < -0.3 is 24.8 Å². The van der Waals surface area contributed by atoms with E-state index >= 15 is 0 Å². The first-order chi connectivity index (χ1) is 19.7. The Balaban J connectivity index is 1.15. The number of aliphatic hydroxyl groups is 3. The second-order valence-corrected chi connectivity index (χ2v) is 14.3. The van der Waals surface area contributed by atoms with Gasteiger partial charge in [-0.25, -0.2) is 0 Å². The first-order valence-corrected chi connectivity index (χ1v) is 16.2. The lowest BCUT2D eigenvalue weighted by atomic mass is 9.50. The molecule has 0 amide bonds. The van der Waals surface area contributed by atoms with Crippen molar-refractivity contribution in [3.63, 3.8) is 0 Å². The van der Waals surface area contributed by atoms with Crippen LogP contribution in [0.5, 0.6) is 0 Å². The molecule has 0 bridgehead atoms. The van der Waals surface area contributed by atoms with Crippen LogP contribution in [0.25, 0.3) is 0 Å². The lowest BCUT2D eigenvalue weighted by Crippen LogP contribution is -2.57. The molecular weight excluding hydrogens is 514 g/mol. The minimum atomic E-state index is -0.819. The SMILES string of the molecule is CC12CCC(O)CC1=CC=C1C2CCC2(C)C1CCC2(O)CN(CC(O)COCc1ccccc1)CC1CCCO1. The largest absolute Gasteiger partial charge is 0.393 e. The fourth-order valence-corrected chi connectivity index (χ4v) is 9.24. The Morgan fingerprint density at radius 3 is 2.61 bits per heavy atom. The second-order valence-electron chi connectivity index (χ2n) is 14.3. The summed E-state index contributed by atoms with van der Waals surface area (Å²) >= 11 is 0. The summed E-state index contributed by atoms with van der Waals surface area (Å²) in [5.74, 6) is 0.887. The van der Waals surface area contributed by atoms with Gasteiger partial charge in [0.1, 0.15) is 0 Å². The van der Waals surface area contributed by atoms with E-state index in [1.807, 2.05) is 30.3 Å². The number of hydrogen-bond acceptors (Lipinski definition) is 6. The normalized spacial score (nSPS) is 39.1. The lowest BCUT2D eigenvalue weighted by Gasteiger charge is -2.56. The first kappa shape index (κ1) is 29.5. The van der Waals surface area contributed by atoms with Gasteiger partial charge in [0.05, 0.1) is 37.1 Å². The Bertz CT molecular complexity index is 1110. The average molecular weight is 566 g/mol. The number of nitrogens with zero attached hydrogens (tertiary/aromatic N) is 1. The van der Waals surface area contributed by atoms with Crippen molar-refractivity contribution in [3.8, 4) is 0 Å². The summed E-state index contributed by atoms with van der Waals surface area (Å²) in [6, 6.07) is 10.1. The van der Waals surface area contributed by atoms with Crippen molar-refractivity contribution in [2.75, 3.05) is 32.8 Å². The molecule has 226 valence electrons. The predicted octanol–water partition coefficient (Wildman–Crippen LogP) is 5.02. The zero-order chi connectivity index (χ0) is 28.7. The van der Waals surface area contributed by atoms with Crippen molar-refractivity contribution in [1.82, 2.24) is 4.90 Å². The van der Waals surface area contributed by atoms with Crippen LogP contribution < -0.4 is 0 Å². The standard InChI is InChI=1S/C35H51NO5/c1-33-15-12-27(37)19-26(33)10-11-30-31(33)13-16-34(2)32(30)14-17-35(34,39)24-36(21-29-9-6-18-41-29)20-28(38)23-40-22-25-7-4-3-5-8-25/h3-5,7-8,10-11,27-29,31-32,37-39H,6,9,12-24H2,1-2H3. The van der Waals surface area contributed by atoms with Crippen LogP contribution in [-0.2, 0) is 16.1 Å². The number of allylic oxidation sites excluding steroid dienone is 3. The van der Waals surface area contributed by atoms with Gasteiger partial charge in [0.2, 0.25) is 0 Å². The summed E-state index contributed by atoms with van der Waals surface area (Å²) in [7, 11) is 0. The highest BCUT2D eigenvalue weighted by molar-refractivity contribution is 5.39. The molecule has 3 saturated carbocycles. The van der Waals surface area contributed by atoms with Crippen molar-refractivity contribution in [2.24, 2.45) is 22.7 Å². The zero-order valence-corrected chi connectivity index (χ0v) is 25.1. The third kappa shape index (κ3) is 5.73. The molecule has 4 aliphatic carbocycles. The molecule has 1 aromatic rings. The van der Waals surface area contributed by atoms with E-state index in [2.05, 4.69) is 30.9 Å². The van der Waals surface area contributed by atoms with E-state index in [1.54, 1.807) is 0 Å². The van der Waals surface area contributed by atoms with Crippen LogP contribution >= 0.6 is 0 Å². The fourth-order valence-electron chi connectivity index (χ4n) is 9.24. The molecule has 3 N–H and O–H groups in total. The lowest BCUT2D eigenvalue weighted by molar-refractivity contribution is -0.111. The molecule has 41 heavy (non-hydrogen) atoms. The fraction of sp³-hybridized carbons (Fsp3) is 0.714. The number of fused-ring (bicyclic) bond motifs is 5. The molecule has 6 heteroatoms. The van der Waals surface area contributed by atoms with Crippen molar-refractivity contribution < 1.29 is 24.8 Å². The third-order valence-corrected chi connectivity index (χ3v) is 11.7. The molecule has 0 radical (unpaired) electrons. The van der Waals surface area contributed by atoms with Crippen LogP contribution in [0, 0.1) is 22.7 Å². The molecule has 4 fully saturated rings. The van der Waals surface area contributed by atoms with E-state index in [0.29, 0.717) is 31.5 Å². The van der Waals surface area contributed by atoms with E-state index in [4.69, 9.17) is 9.47 Å². The molecule has 5 aliphatic rings. The zero-order valence-electron chi connectivity index (χ0n) is 25.1. The summed E-state index contributed by atoms with van der Waals surface area (Å²) in [6.07, 6.45) is 12.7. The summed E-state index contributed by atoms with van der Waals surface area (Å²) in [4.78, 5) is 2.27. The molecule has 0 aromatic heterocycles. The molecule has 1 aliphatic heterocycles. The molecule has 0 spiro atoms. The van der Waals surface area contributed by atoms with Crippen LogP contribution in [0.4, 0.5) is 0 Å². The Morgan fingerprint density at radius 1 is 1.02 bits per heavy atom. The van der Waals surface area contributed by atoms with Gasteiger partial charge in [-0.2, -0.15) is 0 Å². The van der Waals surface area contributed by atoms with Gasteiger partial charge in [-0.05, 0) is 80.6 Å². The van der Waals surface area contributed by atoms with E-state index in [-0.39, 0.29) is 29.6 Å². The monoisotopic (exact) mass is 565 g/mol. The van der Waals surface area contributed by atoms with Crippen LogP contribution in [0.15, 0.2) is 53.6 Å². The van der Waals surface area contributed by atoms with Gasteiger partial charge in [0.15, 0.2) is 0 Å². The Hall–Kier alpha value is -1.54. The van der Waals surface area contributed by atoms with Crippen molar-refractivity contribution in [2.45, 2.75) is 102 Å². The quantitative estimate of drug-likeness (QED) is 0.370. The van der Waals surface area contributed by atoms with Crippen molar-refractivity contribution in [1.29, 1.82) is 0 Å². The molecule has 8 unspecified atom stereocenters. The molecule has 1 heterocycles. The van der Waals surface area contributed by atoms with Crippen molar-refractivity contribution >= 4 is 0 Å². The molecule has 6 nitrogen and oxygen atoms in total. The van der Waals surface area contributed by atoms with Gasteiger partial charge in [0.25, 0.3) is 0 Å². The van der Waals surface area contributed by atoms with Gasteiger partial charge in [-0.15, -0.1) is 0 Å². The summed E-state index contributed by atoms with van der Waals surface area (Å²) in [5, 5.41) is 33.8. The van der Waals surface area contributed by atoms with Crippen LogP contribution in [0.2, 0.25) is 0 Å². The predicted molar refractivity (Wildman–Crippen MR) is 160 cm³/mol. The second kappa shape index (κ2) is 11.9. The third-order valence-electron chi connectivity index (χ3n) is 11.7. The Labute approximate surface area is 246 Å². The number of benzene rings is 1. The summed E-state index contributed by atoms with van der Waals surface area (Å²) in [5.41, 5.74) is 3.18. The number of rotatable bonds is 10. The molecule has 8 atom stereocenters. The number of aliphatic hydroxyl groups excluding tert-OH is 2. The van der Waals surface area contributed by atoms with Crippen LogP contribution in [-0.4, -0.2) is 77.0 Å². The maximum absolute atomic E-state index is 12.5. The summed E-state index contributed by atoms with van der Waals surface area (Å²) in [6.45, 7) is 8.06. The van der Waals surface area contributed by atoms with Gasteiger partial charge in [-0.1, -0.05) is 67.5 Å². The highest BCUT2D eigenvalue weighted by Crippen LogP contribution is 2.66. The molecule has 1 saturated heterocycles. The summed E-state index contributed by atoms with van der Waals surface area (Å²) < 4.78 is 11.9. The van der Waals surface area contributed by atoms with Gasteiger partial charge in [0, 0.05) is 31.7 Å². The molecule has 6 rings (SSSR count). The van der Waals surface area contributed by atoms with E-state index < -0.39 is 11.7 Å². The van der Waals surface area contributed by atoms with Gasteiger partial charge >= 0.3 is 0 Å². The maximum atomic E-state index is 12.5. The first-order valence-electron chi connectivity index (χ1n) is 16.2. The van der Waals surface area contributed by atoms with E-state index in [0.717, 1.165) is 76.5 Å². The number of hydrogen-bond donors (Lipinski definition) is 3. The average Bonchev–Trinajstić information content (AvgIpc) is 3.55. The minimum absolute atomic E-state index is 0.140.